The zero-order valence-electron chi connectivity index (χ0n) is 15.2. The number of benzene rings is 1. The SMILES string of the molecule is COc1ccc(C)cc1NC(=O)N1CCC[C@H]1c1cc(C(C)C)no1. The highest BCUT2D eigenvalue weighted by atomic mass is 16.5. The molecule has 0 radical (unpaired) electrons. The molecule has 1 saturated heterocycles. The summed E-state index contributed by atoms with van der Waals surface area (Å²) in [5, 5.41) is 7.10. The van der Waals surface area contributed by atoms with E-state index >= 15 is 0 Å². The van der Waals surface area contributed by atoms with Gasteiger partial charge in [-0.1, -0.05) is 25.1 Å². The molecule has 3 rings (SSSR count). The molecule has 0 unspecified atom stereocenters. The van der Waals surface area contributed by atoms with E-state index in [4.69, 9.17) is 9.26 Å². The van der Waals surface area contributed by atoms with Crippen LogP contribution in [0.25, 0.3) is 0 Å². The number of aromatic nitrogens is 1. The number of urea groups is 1. The van der Waals surface area contributed by atoms with Crippen LogP contribution in [0.1, 0.15) is 55.7 Å². The first-order chi connectivity index (χ1) is 12.0. The Balaban J connectivity index is 1.78. The Morgan fingerprint density at radius 2 is 2.20 bits per heavy atom. The maximum atomic E-state index is 12.8. The van der Waals surface area contributed by atoms with Gasteiger partial charge in [-0.15, -0.1) is 0 Å². The largest absolute Gasteiger partial charge is 0.495 e. The third-order valence-corrected chi connectivity index (χ3v) is 4.58. The van der Waals surface area contributed by atoms with E-state index in [1.807, 2.05) is 36.1 Å². The van der Waals surface area contributed by atoms with Crippen molar-refractivity contribution >= 4 is 11.7 Å². The van der Waals surface area contributed by atoms with Crippen molar-refractivity contribution in [1.29, 1.82) is 0 Å². The van der Waals surface area contributed by atoms with Crippen molar-refractivity contribution in [3.05, 3.63) is 41.3 Å². The highest BCUT2D eigenvalue weighted by molar-refractivity contribution is 5.91. The molecule has 2 heterocycles. The lowest BCUT2D eigenvalue weighted by Gasteiger charge is -2.23. The van der Waals surface area contributed by atoms with Crippen LogP contribution < -0.4 is 10.1 Å². The summed E-state index contributed by atoms with van der Waals surface area (Å²) < 4.78 is 10.9. The quantitative estimate of drug-likeness (QED) is 0.888. The van der Waals surface area contributed by atoms with E-state index in [-0.39, 0.29) is 12.1 Å². The number of methoxy groups -OCH3 is 1. The summed E-state index contributed by atoms with van der Waals surface area (Å²) in [6, 6.07) is 7.47. The van der Waals surface area contributed by atoms with Gasteiger partial charge in [0.15, 0.2) is 5.76 Å². The predicted octanol–water partition coefficient (Wildman–Crippen LogP) is 4.48. The second-order valence-electron chi connectivity index (χ2n) is 6.79. The number of ether oxygens (including phenoxy) is 1. The van der Waals surface area contributed by atoms with Gasteiger partial charge in [0.25, 0.3) is 0 Å². The molecule has 0 saturated carbocycles. The van der Waals surface area contributed by atoms with Crippen molar-refractivity contribution in [1.82, 2.24) is 10.1 Å². The lowest BCUT2D eigenvalue weighted by molar-refractivity contribution is 0.195. The van der Waals surface area contributed by atoms with Gasteiger partial charge in [0.1, 0.15) is 5.75 Å². The second-order valence-corrected chi connectivity index (χ2v) is 6.79. The number of hydrogen-bond acceptors (Lipinski definition) is 4. The lowest BCUT2D eigenvalue weighted by atomic mass is 10.1. The molecule has 134 valence electrons. The maximum absolute atomic E-state index is 12.8. The van der Waals surface area contributed by atoms with E-state index in [0.717, 1.165) is 29.9 Å². The Morgan fingerprint density at radius 3 is 2.88 bits per heavy atom. The summed E-state index contributed by atoms with van der Waals surface area (Å²) in [6.45, 7) is 6.83. The summed E-state index contributed by atoms with van der Waals surface area (Å²) in [5.74, 6) is 1.71. The number of amides is 2. The number of anilines is 1. The Bertz CT molecular complexity index is 754. The topological polar surface area (TPSA) is 67.6 Å². The van der Waals surface area contributed by atoms with Gasteiger partial charge in [0.05, 0.1) is 24.5 Å². The minimum atomic E-state index is -0.145. The fraction of sp³-hybridized carbons (Fsp3) is 0.474. The molecule has 6 nitrogen and oxygen atoms in total. The van der Waals surface area contributed by atoms with E-state index < -0.39 is 0 Å². The summed E-state index contributed by atoms with van der Waals surface area (Å²) in [6.07, 6.45) is 1.83. The highest BCUT2D eigenvalue weighted by Gasteiger charge is 2.33. The normalized spacial score (nSPS) is 17.2. The molecule has 1 aliphatic heterocycles. The molecule has 1 atom stereocenters. The van der Waals surface area contributed by atoms with Crippen molar-refractivity contribution in [2.75, 3.05) is 19.0 Å². The van der Waals surface area contributed by atoms with E-state index in [1.54, 1.807) is 7.11 Å². The van der Waals surface area contributed by atoms with Crippen molar-refractivity contribution in [3.63, 3.8) is 0 Å². The van der Waals surface area contributed by atoms with E-state index in [9.17, 15) is 4.79 Å². The van der Waals surface area contributed by atoms with Crippen LogP contribution in [0, 0.1) is 6.92 Å². The highest BCUT2D eigenvalue weighted by Crippen LogP contribution is 2.34. The Hall–Kier alpha value is -2.50. The third kappa shape index (κ3) is 3.62. The molecule has 1 fully saturated rings. The van der Waals surface area contributed by atoms with Gasteiger partial charge < -0.3 is 19.5 Å². The van der Waals surface area contributed by atoms with Gasteiger partial charge in [0.2, 0.25) is 0 Å². The van der Waals surface area contributed by atoms with Crippen molar-refractivity contribution in [3.8, 4) is 5.75 Å². The molecular weight excluding hydrogens is 318 g/mol. The number of nitrogens with one attached hydrogen (secondary N) is 1. The number of rotatable bonds is 4. The van der Waals surface area contributed by atoms with Crippen LogP contribution in [0.3, 0.4) is 0 Å². The van der Waals surface area contributed by atoms with E-state index in [0.29, 0.717) is 23.9 Å². The number of carbonyl (C=O) groups is 1. The number of hydrogen-bond donors (Lipinski definition) is 1. The van der Waals surface area contributed by atoms with Gasteiger partial charge in [-0.3, -0.25) is 0 Å². The fourth-order valence-electron chi connectivity index (χ4n) is 3.15. The van der Waals surface area contributed by atoms with Crippen molar-refractivity contribution < 1.29 is 14.1 Å². The molecule has 1 aromatic carbocycles. The number of aryl methyl sites for hydroxylation is 1. The van der Waals surface area contributed by atoms with Gasteiger partial charge in [0, 0.05) is 12.6 Å². The number of likely N-dealkylation sites (tertiary alicyclic amines) is 1. The van der Waals surface area contributed by atoms with Crippen LogP contribution in [0.2, 0.25) is 0 Å². The van der Waals surface area contributed by atoms with Crippen LogP contribution in [0.4, 0.5) is 10.5 Å². The molecule has 1 aliphatic rings. The standard InChI is InChI=1S/C19H25N3O3/c1-12(2)14-11-18(25-21-14)16-6-5-9-22(16)19(23)20-15-10-13(3)7-8-17(15)24-4/h7-8,10-12,16H,5-6,9H2,1-4H3,(H,20,23)/t16-/m0/s1. The number of carbonyl (C=O) groups excluding carboxylic acids is 1. The molecule has 6 heteroatoms. The minimum Gasteiger partial charge on any atom is -0.495 e. The Kier molecular flexibility index (Phi) is 4.97. The first-order valence-corrected chi connectivity index (χ1v) is 8.68. The Labute approximate surface area is 148 Å². The molecule has 1 N–H and O–H groups in total. The molecule has 2 aromatic rings. The monoisotopic (exact) mass is 343 g/mol. The molecule has 0 aliphatic carbocycles. The molecule has 0 spiro atoms. The molecule has 1 aromatic heterocycles. The zero-order chi connectivity index (χ0) is 18.0. The zero-order valence-corrected chi connectivity index (χ0v) is 15.2. The van der Waals surface area contributed by atoms with Gasteiger partial charge in [-0.2, -0.15) is 0 Å². The summed E-state index contributed by atoms with van der Waals surface area (Å²) in [5.41, 5.74) is 2.66. The molecule has 0 bridgehead atoms. The smallest absolute Gasteiger partial charge is 0.322 e. The first-order valence-electron chi connectivity index (χ1n) is 8.68. The molecule has 25 heavy (non-hydrogen) atoms. The first kappa shape index (κ1) is 17.3. The fourth-order valence-corrected chi connectivity index (χ4v) is 3.15. The second kappa shape index (κ2) is 7.17. The van der Waals surface area contributed by atoms with Crippen molar-refractivity contribution in [2.24, 2.45) is 0 Å². The van der Waals surface area contributed by atoms with Crippen LogP contribution in [-0.4, -0.2) is 29.7 Å². The van der Waals surface area contributed by atoms with Crippen LogP contribution in [0.15, 0.2) is 28.8 Å². The average Bonchev–Trinajstić information content (AvgIpc) is 3.24. The Morgan fingerprint density at radius 1 is 1.40 bits per heavy atom. The molecular formula is C19H25N3O3. The van der Waals surface area contributed by atoms with E-state index in [2.05, 4.69) is 24.3 Å². The maximum Gasteiger partial charge on any atom is 0.322 e. The average molecular weight is 343 g/mol. The lowest BCUT2D eigenvalue weighted by Crippen LogP contribution is -2.34. The van der Waals surface area contributed by atoms with Crippen LogP contribution >= 0.6 is 0 Å². The predicted molar refractivity (Wildman–Crippen MR) is 96.0 cm³/mol. The third-order valence-electron chi connectivity index (χ3n) is 4.58. The summed E-state index contributed by atoms with van der Waals surface area (Å²) >= 11 is 0. The summed E-state index contributed by atoms with van der Waals surface area (Å²) in [7, 11) is 1.60. The number of nitrogens with zero attached hydrogens (tertiary/aromatic N) is 2. The molecule has 2 amide bonds. The van der Waals surface area contributed by atoms with Gasteiger partial charge >= 0.3 is 6.03 Å². The van der Waals surface area contributed by atoms with Gasteiger partial charge in [-0.25, -0.2) is 4.79 Å². The van der Waals surface area contributed by atoms with E-state index in [1.165, 1.54) is 0 Å². The van der Waals surface area contributed by atoms with Crippen LogP contribution in [-0.2, 0) is 0 Å². The van der Waals surface area contributed by atoms with Gasteiger partial charge in [-0.05, 0) is 43.4 Å². The minimum absolute atomic E-state index is 0.0733. The van der Waals surface area contributed by atoms with Crippen molar-refractivity contribution in [2.45, 2.75) is 45.6 Å². The van der Waals surface area contributed by atoms with Crippen LogP contribution in [0.5, 0.6) is 5.75 Å². The summed E-state index contributed by atoms with van der Waals surface area (Å²) in [4.78, 5) is 14.6.